The van der Waals surface area contributed by atoms with Gasteiger partial charge in [-0.2, -0.15) is 0 Å². The summed E-state index contributed by atoms with van der Waals surface area (Å²) in [5.74, 6) is 0.794. The molecule has 0 aliphatic carbocycles. The van der Waals surface area contributed by atoms with Gasteiger partial charge >= 0.3 is 0 Å². The van der Waals surface area contributed by atoms with Crippen molar-refractivity contribution in [2.24, 2.45) is 0 Å². The monoisotopic (exact) mass is 346 g/mol. The first-order valence-electron chi connectivity index (χ1n) is 9.11. The second-order valence-electron chi connectivity index (χ2n) is 6.78. The number of aromatic nitrogens is 2. The van der Waals surface area contributed by atoms with E-state index in [0.29, 0.717) is 0 Å². The molecular formula is C25H18N2. The Labute approximate surface area is 158 Å². The van der Waals surface area contributed by atoms with Gasteiger partial charge in [0.05, 0.1) is 11.2 Å². The highest BCUT2D eigenvalue weighted by atomic mass is 14.9. The van der Waals surface area contributed by atoms with E-state index in [4.69, 9.17) is 4.98 Å². The lowest BCUT2D eigenvalue weighted by molar-refractivity contribution is 1.10. The van der Waals surface area contributed by atoms with Gasteiger partial charge < -0.3 is 0 Å². The number of fused-ring (bicyclic) bond motifs is 2. The van der Waals surface area contributed by atoms with E-state index in [2.05, 4.69) is 77.8 Å². The third-order valence-electron chi connectivity index (χ3n) is 4.96. The van der Waals surface area contributed by atoms with Crippen LogP contribution < -0.4 is 0 Å². The quantitative estimate of drug-likeness (QED) is 0.368. The van der Waals surface area contributed by atoms with E-state index >= 15 is 0 Å². The number of para-hydroxylation sites is 1. The fourth-order valence-electron chi connectivity index (χ4n) is 3.60. The van der Waals surface area contributed by atoms with Gasteiger partial charge in [0.25, 0.3) is 0 Å². The lowest BCUT2D eigenvalue weighted by atomic mass is 9.99. The molecule has 1 heterocycles. The van der Waals surface area contributed by atoms with Crippen molar-refractivity contribution in [2.75, 3.05) is 0 Å². The second kappa shape index (κ2) is 6.33. The molecule has 27 heavy (non-hydrogen) atoms. The molecule has 0 N–H and O–H groups in total. The van der Waals surface area contributed by atoms with Crippen LogP contribution >= 0.6 is 0 Å². The van der Waals surface area contributed by atoms with Gasteiger partial charge in [0, 0.05) is 10.9 Å². The molecule has 0 atom stereocenters. The molecule has 1 aromatic heterocycles. The van der Waals surface area contributed by atoms with Gasteiger partial charge in [-0.05, 0) is 41.0 Å². The first-order chi connectivity index (χ1) is 13.3. The van der Waals surface area contributed by atoms with E-state index in [0.717, 1.165) is 28.0 Å². The van der Waals surface area contributed by atoms with Crippen molar-refractivity contribution in [2.45, 2.75) is 6.92 Å². The molecule has 0 fully saturated rings. The van der Waals surface area contributed by atoms with Gasteiger partial charge in [-0.15, -0.1) is 0 Å². The molecule has 2 heteroatoms. The number of benzene rings is 4. The Morgan fingerprint density at radius 3 is 2.07 bits per heavy atom. The Balaban J connectivity index is 1.59. The summed E-state index contributed by atoms with van der Waals surface area (Å²) in [5.41, 5.74) is 5.52. The minimum absolute atomic E-state index is 0.794. The highest BCUT2D eigenvalue weighted by Crippen LogP contribution is 2.29. The molecule has 0 aliphatic heterocycles. The number of hydrogen-bond donors (Lipinski definition) is 0. The highest BCUT2D eigenvalue weighted by Gasteiger charge is 2.08. The van der Waals surface area contributed by atoms with Crippen LogP contribution in [0.4, 0.5) is 0 Å². The molecule has 0 bridgehead atoms. The van der Waals surface area contributed by atoms with Crippen LogP contribution in [0.5, 0.6) is 0 Å². The molecule has 0 amide bonds. The zero-order valence-electron chi connectivity index (χ0n) is 15.1. The van der Waals surface area contributed by atoms with E-state index in [1.807, 2.05) is 25.1 Å². The largest absolute Gasteiger partial charge is 0.233 e. The van der Waals surface area contributed by atoms with Crippen molar-refractivity contribution in [1.82, 2.24) is 9.97 Å². The van der Waals surface area contributed by atoms with Crippen LogP contribution in [-0.2, 0) is 0 Å². The van der Waals surface area contributed by atoms with Crippen LogP contribution in [0.2, 0.25) is 0 Å². The lowest BCUT2D eigenvalue weighted by Crippen LogP contribution is -1.93. The average Bonchev–Trinajstić information content (AvgIpc) is 2.73. The third kappa shape index (κ3) is 2.85. The molecule has 128 valence electrons. The summed E-state index contributed by atoms with van der Waals surface area (Å²) in [6.07, 6.45) is 0. The first-order valence-corrected chi connectivity index (χ1v) is 9.11. The smallest absolute Gasteiger partial charge is 0.126 e. The second-order valence-corrected chi connectivity index (χ2v) is 6.78. The summed E-state index contributed by atoms with van der Waals surface area (Å²) in [5, 5.41) is 3.61. The maximum Gasteiger partial charge on any atom is 0.126 e. The van der Waals surface area contributed by atoms with E-state index in [1.54, 1.807) is 0 Å². The summed E-state index contributed by atoms with van der Waals surface area (Å²) in [6.45, 7) is 1.94. The normalized spacial score (nSPS) is 11.1. The van der Waals surface area contributed by atoms with Gasteiger partial charge in [-0.25, -0.2) is 9.97 Å². The van der Waals surface area contributed by atoms with Gasteiger partial charge in [-0.1, -0.05) is 78.9 Å². The Kier molecular flexibility index (Phi) is 3.68. The maximum atomic E-state index is 4.70. The zero-order valence-corrected chi connectivity index (χ0v) is 15.1. The van der Waals surface area contributed by atoms with Crippen molar-refractivity contribution in [3.8, 4) is 22.4 Å². The number of aryl methyl sites for hydroxylation is 1. The van der Waals surface area contributed by atoms with Crippen molar-refractivity contribution < 1.29 is 0 Å². The summed E-state index contributed by atoms with van der Waals surface area (Å²) < 4.78 is 0. The van der Waals surface area contributed by atoms with E-state index in [1.165, 1.54) is 21.9 Å². The van der Waals surface area contributed by atoms with Crippen LogP contribution in [-0.4, -0.2) is 9.97 Å². The number of hydrogen-bond acceptors (Lipinski definition) is 2. The Morgan fingerprint density at radius 1 is 0.556 bits per heavy atom. The molecule has 0 radical (unpaired) electrons. The third-order valence-corrected chi connectivity index (χ3v) is 4.96. The van der Waals surface area contributed by atoms with Crippen LogP contribution in [0.1, 0.15) is 5.82 Å². The van der Waals surface area contributed by atoms with Crippen molar-refractivity contribution in [3.05, 3.63) is 96.8 Å². The Bertz CT molecular complexity index is 1270. The number of nitrogens with zero attached hydrogens (tertiary/aromatic N) is 2. The predicted octanol–water partition coefficient (Wildman–Crippen LogP) is 6.43. The average molecular weight is 346 g/mol. The molecule has 5 rings (SSSR count). The van der Waals surface area contributed by atoms with E-state index < -0.39 is 0 Å². The molecule has 0 saturated heterocycles. The van der Waals surface area contributed by atoms with Gasteiger partial charge in [0.2, 0.25) is 0 Å². The van der Waals surface area contributed by atoms with Crippen molar-refractivity contribution in [3.63, 3.8) is 0 Å². The molecule has 2 nitrogen and oxygen atoms in total. The minimum atomic E-state index is 0.794. The topological polar surface area (TPSA) is 25.8 Å². The van der Waals surface area contributed by atoms with Crippen LogP contribution in [0.15, 0.2) is 91.0 Å². The van der Waals surface area contributed by atoms with Crippen molar-refractivity contribution in [1.29, 1.82) is 0 Å². The molecule has 0 aliphatic rings. The molecule has 0 spiro atoms. The molecular weight excluding hydrogens is 328 g/mol. The Hall–Kier alpha value is -3.52. The maximum absolute atomic E-state index is 4.70. The Morgan fingerprint density at radius 2 is 1.22 bits per heavy atom. The molecule has 5 aromatic rings. The van der Waals surface area contributed by atoms with Crippen LogP contribution in [0.25, 0.3) is 44.1 Å². The fraction of sp³-hybridized carbons (Fsp3) is 0.0400. The first kappa shape index (κ1) is 15.7. The van der Waals surface area contributed by atoms with Crippen molar-refractivity contribution >= 4 is 21.7 Å². The standard InChI is InChI=1S/C25H18N2/c1-17-26-24-9-5-4-8-23(24)25(27-17)20-13-10-19(11-14-20)22-15-12-18-6-2-3-7-21(18)16-22/h2-16H,1H3. The number of rotatable bonds is 2. The molecule has 0 saturated carbocycles. The zero-order chi connectivity index (χ0) is 18.2. The van der Waals surface area contributed by atoms with E-state index in [-0.39, 0.29) is 0 Å². The molecule has 0 unspecified atom stereocenters. The fourth-order valence-corrected chi connectivity index (χ4v) is 3.60. The SMILES string of the molecule is Cc1nc(-c2ccc(-c3ccc4ccccc4c3)cc2)c2ccccc2n1. The van der Waals surface area contributed by atoms with Gasteiger partial charge in [0.15, 0.2) is 0 Å². The summed E-state index contributed by atoms with van der Waals surface area (Å²) in [7, 11) is 0. The van der Waals surface area contributed by atoms with Crippen LogP contribution in [0.3, 0.4) is 0 Å². The summed E-state index contributed by atoms with van der Waals surface area (Å²) >= 11 is 0. The highest BCUT2D eigenvalue weighted by molar-refractivity contribution is 5.93. The van der Waals surface area contributed by atoms with Crippen LogP contribution in [0, 0.1) is 6.92 Å². The van der Waals surface area contributed by atoms with Gasteiger partial charge in [0.1, 0.15) is 5.82 Å². The lowest BCUT2D eigenvalue weighted by Gasteiger charge is -2.09. The van der Waals surface area contributed by atoms with Gasteiger partial charge in [-0.3, -0.25) is 0 Å². The van der Waals surface area contributed by atoms with E-state index in [9.17, 15) is 0 Å². The summed E-state index contributed by atoms with van der Waals surface area (Å²) in [6, 6.07) is 31.9. The molecule has 4 aromatic carbocycles. The predicted molar refractivity (Wildman–Crippen MR) is 113 cm³/mol. The minimum Gasteiger partial charge on any atom is -0.233 e. The summed E-state index contributed by atoms with van der Waals surface area (Å²) in [4.78, 5) is 9.25.